The Morgan fingerprint density at radius 3 is 2.39 bits per heavy atom. The molecule has 1 atom stereocenters. The minimum atomic E-state index is -2.99. The number of hydrogen-bond donors (Lipinski definition) is 1. The summed E-state index contributed by atoms with van der Waals surface area (Å²) in [4.78, 5) is 28.9. The second-order valence-electron chi connectivity index (χ2n) is 6.25. The summed E-state index contributed by atoms with van der Waals surface area (Å²) in [6.07, 6.45) is 0.513. The van der Waals surface area contributed by atoms with Gasteiger partial charge in [0.05, 0.1) is 11.5 Å². The Kier molecular flexibility index (Phi) is 5.85. The van der Waals surface area contributed by atoms with E-state index in [0.29, 0.717) is 13.0 Å². The molecule has 2 saturated heterocycles. The van der Waals surface area contributed by atoms with Crippen molar-refractivity contribution in [2.75, 3.05) is 57.8 Å². The summed E-state index contributed by atoms with van der Waals surface area (Å²) in [6.45, 7) is 5.90. The predicted molar refractivity (Wildman–Crippen MR) is 86.9 cm³/mol. The SMILES string of the molecule is CC(=O)N1CCN(CCNC(=O)N(C)[C@H]2CCS(=O)(=O)C2)CC1. The molecule has 2 fully saturated rings. The van der Waals surface area contributed by atoms with Gasteiger partial charge in [-0.3, -0.25) is 9.69 Å². The number of urea groups is 1. The third-order valence-corrected chi connectivity index (χ3v) is 6.35. The number of carbonyl (C=O) groups is 2. The summed E-state index contributed by atoms with van der Waals surface area (Å²) in [6, 6.07) is -0.450. The normalized spacial score (nSPS) is 24.4. The number of nitrogens with one attached hydrogen (secondary N) is 1. The number of rotatable bonds is 4. The average molecular weight is 346 g/mol. The van der Waals surface area contributed by atoms with E-state index in [-0.39, 0.29) is 29.5 Å². The molecule has 0 aromatic carbocycles. The van der Waals surface area contributed by atoms with Crippen molar-refractivity contribution in [2.45, 2.75) is 19.4 Å². The molecule has 2 heterocycles. The summed E-state index contributed by atoms with van der Waals surface area (Å²) < 4.78 is 22.9. The lowest BCUT2D eigenvalue weighted by molar-refractivity contribution is -0.130. The maximum Gasteiger partial charge on any atom is 0.317 e. The molecule has 2 aliphatic heterocycles. The summed E-state index contributed by atoms with van der Waals surface area (Å²) in [5.41, 5.74) is 0. The maximum absolute atomic E-state index is 12.1. The highest BCUT2D eigenvalue weighted by Crippen LogP contribution is 2.16. The lowest BCUT2D eigenvalue weighted by Crippen LogP contribution is -2.51. The van der Waals surface area contributed by atoms with E-state index < -0.39 is 9.84 Å². The Morgan fingerprint density at radius 2 is 1.87 bits per heavy atom. The van der Waals surface area contributed by atoms with Gasteiger partial charge < -0.3 is 15.1 Å². The van der Waals surface area contributed by atoms with Crippen LogP contribution in [0.1, 0.15) is 13.3 Å². The van der Waals surface area contributed by atoms with Gasteiger partial charge in [-0.1, -0.05) is 0 Å². The van der Waals surface area contributed by atoms with Crippen LogP contribution in [0.2, 0.25) is 0 Å². The molecule has 0 unspecified atom stereocenters. The van der Waals surface area contributed by atoms with Crippen molar-refractivity contribution in [2.24, 2.45) is 0 Å². The summed E-state index contributed by atoms with van der Waals surface area (Å²) in [5, 5.41) is 2.84. The Morgan fingerprint density at radius 1 is 1.22 bits per heavy atom. The molecule has 1 N–H and O–H groups in total. The molecule has 0 saturated carbocycles. The zero-order valence-electron chi connectivity index (χ0n) is 13.8. The monoisotopic (exact) mass is 346 g/mol. The third kappa shape index (κ3) is 5.07. The molecule has 23 heavy (non-hydrogen) atoms. The molecule has 8 nitrogen and oxygen atoms in total. The number of sulfone groups is 1. The topological polar surface area (TPSA) is 90.0 Å². The molecule has 0 spiro atoms. The second-order valence-corrected chi connectivity index (χ2v) is 8.48. The quantitative estimate of drug-likeness (QED) is 0.704. The van der Waals surface area contributed by atoms with E-state index in [1.54, 1.807) is 14.0 Å². The van der Waals surface area contributed by atoms with Crippen LogP contribution in [-0.4, -0.2) is 98.9 Å². The van der Waals surface area contributed by atoms with Gasteiger partial charge in [0, 0.05) is 59.3 Å². The molecular formula is C14H26N4O4S. The Hall–Kier alpha value is -1.35. The second kappa shape index (κ2) is 7.48. The minimum Gasteiger partial charge on any atom is -0.340 e. The van der Waals surface area contributed by atoms with Gasteiger partial charge in [-0.15, -0.1) is 0 Å². The van der Waals surface area contributed by atoms with Crippen molar-refractivity contribution < 1.29 is 18.0 Å². The van der Waals surface area contributed by atoms with E-state index in [9.17, 15) is 18.0 Å². The van der Waals surface area contributed by atoms with E-state index in [1.807, 2.05) is 4.90 Å². The standard InChI is InChI=1S/C14H26N4O4S/c1-12(19)18-8-6-17(7-9-18)5-4-15-14(20)16(2)13-3-10-23(21,22)11-13/h13H,3-11H2,1-2H3,(H,15,20)/t13-/m0/s1. The minimum absolute atomic E-state index is 0.0595. The predicted octanol–water partition coefficient (Wildman–Crippen LogP) is -1.02. The van der Waals surface area contributed by atoms with Crippen LogP contribution in [-0.2, 0) is 14.6 Å². The Labute approximate surface area is 137 Å². The largest absolute Gasteiger partial charge is 0.340 e. The molecule has 0 radical (unpaired) electrons. The van der Waals surface area contributed by atoms with Gasteiger partial charge >= 0.3 is 6.03 Å². The molecule has 3 amide bonds. The van der Waals surface area contributed by atoms with Crippen molar-refractivity contribution in [1.29, 1.82) is 0 Å². The molecule has 9 heteroatoms. The fraction of sp³-hybridized carbons (Fsp3) is 0.857. The zero-order chi connectivity index (χ0) is 17.0. The fourth-order valence-electron chi connectivity index (χ4n) is 2.98. The molecule has 2 rings (SSSR count). The molecule has 0 aromatic rings. The third-order valence-electron chi connectivity index (χ3n) is 4.60. The highest BCUT2D eigenvalue weighted by atomic mass is 32.2. The number of nitrogens with zero attached hydrogens (tertiary/aromatic N) is 3. The average Bonchev–Trinajstić information content (AvgIpc) is 2.87. The van der Waals surface area contributed by atoms with Gasteiger partial charge in [0.2, 0.25) is 5.91 Å². The number of carbonyl (C=O) groups excluding carboxylic acids is 2. The van der Waals surface area contributed by atoms with Gasteiger partial charge in [0.25, 0.3) is 0 Å². The first-order chi connectivity index (χ1) is 10.8. The van der Waals surface area contributed by atoms with Crippen molar-refractivity contribution in [3.63, 3.8) is 0 Å². The summed E-state index contributed by atoms with van der Waals surface area (Å²) >= 11 is 0. The highest BCUT2D eigenvalue weighted by Gasteiger charge is 2.32. The maximum atomic E-state index is 12.1. The Bertz CT molecular complexity index is 543. The Balaban J connectivity index is 1.66. The summed E-state index contributed by atoms with van der Waals surface area (Å²) in [5.74, 6) is 0.325. The smallest absolute Gasteiger partial charge is 0.317 e. The van der Waals surface area contributed by atoms with Crippen LogP contribution in [0.5, 0.6) is 0 Å². The van der Waals surface area contributed by atoms with Crippen LogP contribution in [0.3, 0.4) is 0 Å². The number of amides is 3. The van der Waals surface area contributed by atoms with Crippen LogP contribution in [0.4, 0.5) is 4.79 Å². The van der Waals surface area contributed by atoms with Gasteiger partial charge in [0.1, 0.15) is 0 Å². The van der Waals surface area contributed by atoms with Crippen LogP contribution in [0.15, 0.2) is 0 Å². The fourth-order valence-corrected chi connectivity index (χ4v) is 4.75. The van der Waals surface area contributed by atoms with Crippen LogP contribution in [0, 0.1) is 0 Å². The van der Waals surface area contributed by atoms with Crippen LogP contribution < -0.4 is 5.32 Å². The van der Waals surface area contributed by atoms with E-state index in [4.69, 9.17) is 0 Å². The first kappa shape index (κ1) is 18.0. The summed E-state index contributed by atoms with van der Waals surface area (Å²) in [7, 11) is -1.34. The number of piperazine rings is 1. The van der Waals surface area contributed by atoms with Crippen LogP contribution in [0.25, 0.3) is 0 Å². The van der Waals surface area contributed by atoms with Gasteiger partial charge in [-0.25, -0.2) is 13.2 Å². The van der Waals surface area contributed by atoms with Crippen molar-refractivity contribution >= 4 is 21.8 Å². The van der Waals surface area contributed by atoms with E-state index >= 15 is 0 Å². The number of hydrogen-bond acceptors (Lipinski definition) is 5. The van der Waals surface area contributed by atoms with E-state index in [1.165, 1.54) is 4.90 Å². The molecule has 2 aliphatic rings. The molecular weight excluding hydrogens is 320 g/mol. The lowest BCUT2D eigenvalue weighted by atomic mass is 10.2. The van der Waals surface area contributed by atoms with E-state index in [0.717, 1.165) is 32.7 Å². The van der Waals surface area contributed by atoms with Gasteiger partial charge in [0.15, 0.2) is 9.84 Å². The van der Waals surface area contributed by atoms with Crippen molar-refractivity contribution in [3.8, 4) is 0 Å². The molecule has 0 bridgehead atoms. The molecule has 132 valence electrons. The van der Waals surface area contributed by atoms with Gasteiger partial charge in [-0.2, -0.15) is 0 Å². The van der Waals surface area contributed by atoms with Crippen molar-refractivity contribution in [3.05, 3.63) is 0 Å². The first-order valence-electron chi connectivity index (χ1n) is 7.97. The van der Waals surface area contributed by atoms with Crippen molar-refractivity contribution in [1.82, 2.24) is 20.0 Å². The zero-order valence-corrected chi connectivity index (χ0v) is 14.6. The first-order valence-corrected chi connectivity index (χ1v) is 9.79. The molecule has 0 aromatic heterocycles. The molecule has 0 aliphatic carbocycles. The highest BCUT2D eigenvalue weighted by molar-refractivity contribution is 7.91. The lowest BCUT2D eigenvalue weighted by Gasteiger charge is -2.34. The van der Waals surface area contributed by atoms with E-state index in [2.05, 4.69) is 10.2 Å². The van der Waals surface area contributed by atoms with Gasteiger partial charge in [-0.05, 0) is 6.42 Å². The van der Waals surface area contributed by atoms with Crippen LogP contribution >= 0.6 is 0 Å².